The normalized spacial score (nSPS) is 12.1. The van der Waals surface area contributed by atoms with Crippen LogP contribution in [-0.4, -0.2) is 14.2 Å². The first-order valence-corrected chi connectivity index (χ1v) is 6.85. The summed E-state index contributed by atoms with van der Waals surface area (Å²) in [6.07, 6.45) is 6.16. The van der Waals surface area contributed by atoms with Crippen LogP contribution in [0.5, 0.6) is 11.5 Å². The third-order valence-corrected chi connectivity index (χ3v) is 3.37. The third-order valence-electron chi connectivity index (χ3n) is 3.37. The molecule has 108 valence electrons. The van der Waals surface area contributed by atoms with Gasteiger partial charge < -0.3 is 9.47 Å². The van der Waals surface area contributed by atoms with Crippen molar-refractivity contribution >= 4 is 6.08 Å². The van der Waals surface area contributed by atoms with E-state index in [2.05, 4.69) is 30.9 Å². The molecule has 2 aromatic carbocycles. The molecule has 2 heteroatoms. The van der Waals surface area contributed by atoms with Gasteiger partial charge in [-0.2, -0.15) is 0 Å². The Balaban J connectivity index is 2.12. The van der Waals surface area contributed by atoms with Gasteiger partial charge in [0, 0.05) is 5.92 Å². The summed E-state index contributed by atoms with van der Waals surface area (Å²) < 4.78 is 10.3. The first kappa shape index (κ1) is 14.9. The maximum Gasteiger partial charge on any atom is 0.118 e. The minimum Gasteiger partial charge on any atom is -0.497 e. The first-order valence-electron chi connectivity index (χ1n) is 6.85. The van der Waals surface area contributed by atoms with E-state index in [4.69, 9.17) is 9.47 Å². The lowest BCUT2D eigenvalue weighted by atomic mass is 9.98. The fourth-order valence-corrected chi connectivity index (χ4v) is 2.08. The van der Waals surface area contributed by atoms with Gasteiger partial charge >= 0.3 is 0 Å². The molecule has 2 aromatic rings. The summed E-state index contributed by atoms with van der Waals surface area (Å²) in [5.74, 6) is 1.90. The van der Waals surface area contributed by atoms with Gasteiger partial charge in [-0.25, -0.2) is 0 Å². The Morgan fingerprint density at radius 1 is 0.857 bits per heavy atom. The molecule has 0 aliphatic heterocycles. The van der Waals surface area contributed by atoms with E-state index in [-0.39, 0.29) is 5.92 Å². The van der Waals surface area contributed by atoms with E-state index in [9.17, 15) is 0 Å². The number of methoxy groups -OCH3 is 2. The molecule has 2 rings (SSSR count). The Hall–Kier alpha value is -2.48. The summed E-state index contributed by atoms with van der Waals surface area (Å²) in [6, 6.07) is 16.0. The van der Waals surface area contributed by atoms with E-state index in [1.807, 2.05) is 42.5 Å². The summed E-state index contributed by atoms with van der Waals surface area (Å²) in [5, 5.41) is 0. The highest BCUT2D eigenvalue weighted by atomic mass is 16.5. The predicted molar refractivity (Wildman–Crippen MR) is 88.0 cm³/mol. The number of rotatable bonds is 6. The van der Waals surface area contributed by atoms with E-state index < -0.39 is 0 Å². The second-order valence-corrected chi connectivity index (χ2v) is 4.67. The van der Waals surface area contributed by atoms with Gasteiger partial charge in [0.25, 0.3) is 0 Å². The van der Waals surface area contributed by atoms with Crippen molar-refractivity contribution < 1.29 is 9.47 Å². The second kappa shape index (κ2) is 7.34. The Kier molecular flexibility index (Phi) is 5.22. The molecule has 0 N–H and O–H groups in total. The summed E-state index contributed by atoms with van der Waals surface area (Å²) >= 11 is 0. The van der Waals surface area contributed by atoms with E-state index in [1.54, 1.807) is 14.2 Å². The van der Waals surface area contributed by atoms with Gasteiger partial charge in [0.15, 0.2) is 0 Å². The minimum absolute atomic E-state index is 0.179. The van der Waals surface area contributed by atoms with Crippen molar-refractivity contribution in [3.8, 4) is 11.5 Å². The lowest BCUT2D eigenvalue weighted by Crippen LogP contribution is -1.91. The molecule has 0 aromatic heterocycles. The number of hydrogen-bond acceptors (Lipinski definition) is 2. The van der Waals surface area contributed by atoms with Crippen LogP contribution >= 0.6 is 0 Å². The van der Waals surface area contributed by atoms with Crippen LogP contribution in [0.3, 0.4) is 0 Å². The largest absolute Gasteiger partial charge is 0.497 e. The van der Waals surface area contributed by atoms with Gasteiger partial charge in [-0.3, -0.25) is 0 Å². The van der Waals surface area contributed by atoms with Gasteiger partial charge in [-0.05, 0) is 35.4 Å². The molecule has 21 heavy (non-hydrogen) atoms. The van der Waals surface area contributed by atoms with Crippen molar-refractivity contribution in [3.63, 3.8) is 0 Å². The van der Waals surface area contributed by atoms with E-state index in [0.717, 1.165) is 17.1 Å². The minimum atomic E-state index is 0.179. The summed E-state index contributed by atoms with van der Waals surface area (Å²) in [7, 11) is 3.34. The van der Waals surface area contributed by atoms with E-state index in [1.165, 1.54) is 5.56 Å². The average Bonchev–Trinajstić information content (AvgIpc) is 2.56. The standard InChI is InChI=1S/C19H20O2/c1-4-16(17-9-13-19(21-3)14-10-17)8-5-15-6-11-18(20-2)12-7-15/h4-14,16H,1H2,2-3H3. The molecule has 1 atom stereocenters. The van der Waals surface area contributed by atoms with Crippen LogP contribution in [0.4, 0.5) is 0 Å². The maximum atomic E-state index is 5.18. The van der Waals surface area contributed by atoms with Gasteiger partial charge in [0.1, 0.15) is 11.5 Å². The Bertz CT molecular complexity index is 594. The van der Waals surface area contributed by atoms with Crippen molar-refractivity contribution in [1.82, 2.24) is 0 Å². The number of allylic oxidation sites excluding steroid dienone is 2. The van der Waals surface area contributed by atoms with Crippen molar-refractivity contribution in [2.24, 2.45) is 0 Å². The van der Waals surface area contributed by atoms with Gasteiger partial charge in [-0.15, -0.1) is 6.58 Å². The van der Waals surface area contributed by atoms with Crippen molar-refractivity contribution in [2.45, 2.75) is 5.92 Å². The van der Waals surface area contributed by atoms with E-state index >= 15 is 0 Å². The fraction of sp³-hybridized carbons (Fsp3) is 0.158. The molecule has 0 spiro atoms. The lowest BCUT2D eigenvalue weighted by molar-refractivity contribution is 0.414. The Labute approximate surface area is 126 Å². The quantitative estimate of drug-likeness (QED) is 0.715. The van der Waals surface area contributed by atoms with Crippen LogP contribution in [0.15, 0.2) is 67.3 Å². The zero-order valence-corrected chi connectivity index (χ0v) is 12.5. The van der Waals surface area contributed by atoms with Gasteiger partial charge in [0.05, 0.1) is 14.2 Å². The maximum absolute atomic E-state index is 5.18. The highest BCUT2D eigenvalue weighted by Gasteiger charge is 2.03. The Morgan fingerprint density at radius 3 is 1.86 bits per heavy atom. The molecule has 2 nitrogen and oxygen atoms in total. The zero-order chi connectivity index (χ0) is 15.1. The molecular formula is C19H20O2. The lowest BCUT2D eigenvalue weighted by Gasteiger charge is -2.09. The predicted octanol–water partition coefficient (Wildman–Crippen LogP) is 4.69. The van der Waals surface area contributed by atoms with Crippen LogP contribution in [0.1, 0.15) is 17.0 Å². The molecule has 0 amide bonds. The number of benzene rings is 2. The molecule has 0 saturated heterocycles. The molecule has 0 radical (unpaired) electrons. The second-order valence-electron chi connectivity index (χ2n) is 4.67. The monoisotopic (exact) mass is 280 g/mol. The van der Waals surface area contributed by atoms with Crippen molar-refractivity contribution in [1.29, 1.82) is 0 Å². The zero-order valence-electron chi connectivity index (χ0n) is 12.5. The molecule has 0 bridgehead atoms. The average molecular weight is 280 g/mol. The van der Waals surface area contributed by atoms with Crippen LogP contribution in [0.2, 0.25) is 0 Å². The van der Waals surface area contributed by atoms with Crippen LogP contribution < -0.4 is 9.47 Å². The van der Waals surface area contributed by atoms with Crippen molar-refractivity contribution in [3.05, 3.63) is 78.4 Å². The molecule has 0 aliphatic carbocycles. The molecule has 0 saturated carbocycles. The third kappa shape index (κ3) is 3.99. The van der Waals surface area contributed by atoms with Crippen LogP contribution in [-0.2, 0) is 0 Å². The van der Waals surface area contributed by atoms with E-state index in [0.29, 0.717) is 0 Å². The Morgan fingerprint density at radius 2 is 1.38 bits per heavy atom. The smallest absolute Gasteiger partial charge is 0.118 e. The summed E-state index contributed by atoms with van der Waals surface area (Å²) in [6.45, 7) is 3.92. The van der Waals surface area contributed by atoms with Crippen molar-refractivity contribution in [2.75, 3.05) is 14.2 Å². The molecule has 0 fully saturated rings. The van der Waals surface area contributed by atoms with Gasteiger partial charge in [-0.1, -0.05) is 42.5 Å². The SMILES string of the molecule is C=CC(C=Cc1ccc(OC)cc1)c1ccc(OC)cc1. The van der Waals surface area contributed by atoms with Crippen LogP contribution in [0, 0.1) is 0 Å². The van der Waals surface area contributed by atoms with Gasteiger partial charge in [0.2, 0.25) is 0 Å². The van der Waals surface area contributed by atoms with Crippen LogP contribution in [0.25, 0.3) is 6.08 Å². The fourth-order valence-electron chi connectivity index (χ4n) is 2.08. The summed E-state index contributed by atoms with van der Waals surface area (Å²) in [5.41, 5.74) is 2.33. The molecule has 0 aliphatic rings. The molecule has 1 unspecified atom stereocenters. The summed E-state index contributed by atoms with van der Waals surface area (Å²) in [4.78, 5) is 0. The number of hydrogen-bond donors (Lipinski definition) is 0. The topological polar surface area (TPSA) is 18.5 Å². The number of ether oxygens (including phenoxy) is 2. The highest BCUT2D eigenvalue weighted by molar-refractivity contribution is 5.53. The first-order chi connectivity index (χ1) is 10.3. The highest BCUT2D eigenvalue weighted by Crippen LogP contribution is 2.23. The molecular weight excluding hydrogens is 260 g/mol. The molecule has 0 heterocycles.